The molecular formula is C18H32N2O2S. The molecule has 0 aromatic rings. The number of nitrogens with one attached hydrogen (secondary N) is 1. The maximum atomic E-state index is 12.6. The van der Waals surface area contributed by atoms with Crippen molar-refractivity contribution in [2.45, 2.75) is 70.6 Å². The molecule has 0 spiro atoms. The van der Waals surface area contributed by atoms with E-state index in [0.29, 0.717) is 11.3 Å². The van der Waals surface area contributed by atoms with E-state index < -0.39 is 0 Å². The summed E-state index contributed by atoms with van der Waals surface area (Å²) in [6.07, 6.45) is 6.48. The quantitative estimate of drug-likeness (QED) is 0.837. The Balaban J connectivity index is 1.81. The highest BCUT2D eigenvalue weighted by Gasteiger charge is 2.32. The van der Waals surface area contributed by atoms with E-state index in [-0.39, 0.29) is 23.7 Å². The van der Waals surface area contributed by atoms with Crippen LogP contribution in [0.1, 0.15) is 59.3 Å². The van der Waals surface area contributed by atoms with Crippen molar-refractivity contribution in [3.05, 3.63) is 0 Å². The molecule has 2 atom stereocenters. The fourth-order valence-corrected chi connectivity index (χ4v) is 4.90. The van der Waals surface area contributed by atoms with Gasteiger partial charge < -0.3 is 10.2 Å². The van der Waals surface area contributed by atoms with Gasteiger partial charge in [0.1, 0.15) is 0 Å². The van der Waals surface area contributed by atoms with Crippen LogP contribution in [0.5, 0.6) is 0 Å². The first-order valence-electron chi connectivity index (χ1n) is 9.23. The lowest BCUT2D eigenvalue weighted by atomic mass is 9.91. The summed E-state index contributed by atoms with van der Waals surface area (Å²) in [5, 5.41) is 3.91. The second-order valence-corrected chi connectivity index (χ2v) is 8.66. The molecule has 0 aromatic heterocycles. The molecule has 4 nitrogen and oxygen atoms in total. The van der Waals surface area contributed by atoms with Gasteiger partial charge in [-0.15, -0.1) is 0 Å². The van der Waals surface area contributed by atoms with Crippen LogP contribution in [0, 0.1) is 11.8 Å². The molecule has 0 aromatic carbocycles. The van der Waals surface area contributed by atoms with Gasteiger partial charge >= 0.3 is 0 Å². The van der Waals surface area contributed by atoms with Crippen LogP contribution in [0.3, 0.4) is 0 Å². The Morgan fingerprint density at radius 3 is 2.39 bits per heavy atom. The van der Waals surface area contributed by atoms with Crippen LogP contribution in [0.15, 0.2) is 0 Å². The zero-order valence-electron chi connectivity index (χ0n) is 14.8. The Hall–Kier alpha value is -0.710. The molecule has 2 fully saturated rings. The zero-order chi connectivity index (χ0) is 16.8. The first kappa shape index (κ1) is 18.6. The molecule has 1 heterocycles. The summed E-state index contributed by atoms with van der Waals surface area (Å²) in [5.74, 6) is 1.69. The minimum Gasteiger partial charge on any atom is -0.352 e. The van der Waals surface area contributed by atoms with Crippen molar-refractivity contribution in [1.82, 2.24) is 10.2 Å². The second kappa shape index (κ2) is 8.95. The molecule has 1 aliphatic heterocycles. The van der Waals surface area contributed by atoms with Crippen LogP contribution in [0.2, 0.25) is 0 Å². The third kappa shape index (κ3) is 5.13. The Bertz CT molecular complexity index is 404. The highest BCUT2D eigenvalue weighted by atomic mass is 32.2. The van der Waals surface area contributed by atoms with Gasteiger partial charge in [0.05, 0.1) is 0 Å². The molecule has 0 radical (unpaired) electrons. The van der Waals surface area contributed by atoms with Gasteiger partial charge in [0.25, 0.3) is 0 Å². The summed E-state index contributed by atoms with van der Waals surface area (Å²) < 4.78 is 0. The van der Waals surface area contributed by atoms with Crippen molar-refractivity contribution in [2.75, 3.05) is 18.8 Å². The zero-order valence-corrected chi connectivity index (χ0v) is 15.7. The first-order valence-corrected chi connectivity index (χ1v) is 10.3. The van der Waals surface area contributed by atoms with Crippen LogP contribution >= 0.6 is 11.8 Å². The largest absolute Gasteiger partial charge is 0.352 e. The van der Waals surface area contributed by atoms with Crippen LogP contribution in [-0.2, 0) is 9.59 Å². The lowest BCUT2D eigenvalue weighted by molar-refractivity contribution is -0.138. The molecule has 5 heteroatoms. The minimum absolute atomic E-state index is 0.0504. The smallest absolute Gasteiger partial charge is 0.225 e. The van der Waals surface area contributed by atoms with Crippen molar-refractivity contribution in [3.8, 4) is 0 Å². The van der Waals surface area contributed by atoms with Gasteiger partial charge in [-0.1, -0.05) is 33.6 Å². The summed E-state index contributed by atoms with van der Waals surface area (Å²) in [7, 11) is 0. The number of thioether (sulfide) groups is 1. The molecule has 0 unspecified atom stereocenters. The van der Waals surface area contributed by atoms with E-state index in [4.69, 9.17) is 0 Å². The highest BCUT2D eigenvalue weighted by molar-refractivity contribution is 7.99. The molecule has 1 saturated carbocycles. The molecule has 1 aliphatic carbocycles. The molecule has 1 N–H and O–H groups in total. The number of nitrogens with zero attached hydrogens (tertiary/aromatic N) is 1. The maximum absolute atomic E-state index is 12.6. The molecule has 0 bridgehead atoms. The number of carbonyl (C=O) groups excluding carboxylic acids is 2. The molecular weight excluding hydrogens is 308 g/mol. The molecule has 2 rings (SSSR count). The number of rotatable bonds is 5. The van der Waals surface area contributed by atoms with Gasteiger partial charge in [-0.2, -0.15) is 11.8 Å². The highest BCUT2D eigenvalue weighted by Crippen LogP contribution is 2.29. The summed E-state index contributed by atoms with van der Waals surface area (Å²) in [6, 6.07) is 0.344. The van der Waals surface area contributed by atoms with E-state index >= 15 is 0 Å². The van der Waals surface area contributed by atoms with Crippen molar-refractivity contribution >= 4 is 23.6 Å². The van der Waals surface area contributed by atoms with Crippen LogP contribution in [0.4, 0.5) is 0 Å². The Morgan fingerprint density at radius 2 is 1.78 bits per heavy atom. The van der Waals surface area contributed by atoms with E-state index in [1.165, 1.54) is 19.3 Å². The third-order valence-electron chi connectivity index (χ3n) is 5.08. The normalized spacial score (nSPS) is 26.3. The SMILES string of the molecule is CCS[C@@H]1CCCC[C@H]1NC(=O)C1CCN(C(=O)C(C)C)CC1. The first-order chi connectivity index (χ1) is 11.0. The molecule has 1 saturated heterocycles. The van der Waals surface area contributed by atoms with E-state index in [0.717, 1.165) is 38.1 Å². The lowest BCUT2D eigenvalue weighted by Gasteiger charge is -2.35. The monoisotopic (exact) mass is 340 g/mol. The predicted octanol–water partition coefficient (Wildman–Crippen LogP) is 3.06. The van der Waals surface area contributed by atoms with Gasteiger partial charge in [0, 0.05) is 36.2 Å². The van der Waals surface area contributed by atoms with Gasteiger partial charge in [0.15, 0.2) is 0 Å². The van der Waals surface area contributed by atoms with Gasteiger partial charge in [-0.05, 0) is 31.4 Å². The van der Waals surface area contributed by atoms with E-state index in [2.05, 4.69) is 12.2 Å². The molecule has 2 amide bonds. The van der Waals surface area contributed by atoms with E-state index in [1.54, 1.807) is 0 Å². The van der Waals surface area contributed by atoms with Crippen LogP contribution < -0.4 is 5.32 Å². The van der Waals surface area contributed by atoms with Gasteiger partial charge in [-0.3, -0.25) is 9.59 Å². The lowest BCUT2D eigenvalue weighted by Crippen LogP contribution is -2.49. The molecule has 23 heavy (non-hydrogen) atoms. The summed E-state index contributed by atoms with van der Waals surface area (Å²) in [5.41, 5.74) is 0. The number of hydrogen-bond acceptors (Lipinski definition) is 3. The van der Waals surface area contributed by atoms with E-state index in [9.17, 15) is 9.59 Å². The fourth-order valence-electron chi connectivity index (χ4n) is 3.70. The average molecular weight is 341 g/mol. The topological polar surface area (TPSA) is 49.4 Å². The third-order valence-corrected chi connectivity index (χ3v) is 6.41. The summed E-state index contributed by atoms with van der Waals surface area (Å²) in [4.78, 5) is 26.6. The number of hydrogen-bond donors (Lipinski definition) is 1. The fraction of sp³-hybridized carbons (Fsp3) is 0.889. The predicted molar refractivity (Wildman–Crippen MR) is 96.5 cm³/mol. The maximum Gasteiger partial charge on any atom is 0.225 e. The summed E-state index contributed by atoms with van der Waals surface area (Å²) in [6.45, 7) is 7.53. The van der Waals surface area contributed by atoms with Crippen molar-refractivity contribution in [2.24, 2.45) is 11.8 Å². The Labute approximate surface area is 145 Å². The summed E-state index contributed by atoms with van der Waals surface area (Å²) >= 11 is 1.99. The van der Waals surface area contributed by atoms with Gasteiger partial charge in [-0.25, -0.2) is 0 Å². The van der Waals surface area contributed by atoms with Crippen molar-refractivity contribution < 1.29 is 9.59 Å². The standard InChI is InChI=1S/C18H32N2O2S/c1-4-23-16-8-6-5-7-15(16)19-17(21)14-9-11-20(12-10-14)18(22)13(2)3/h13-16H,4-12H2,1-3H3,(H,19,21)/t15-,16-/m1/s1. The number of likely N-dealkylation sites (tertiary alicyclic amines) is 1. The second-order valence-electron chi connectivity index (χ2n) is 7.15. The van der Waals surface area contributed by atoms with Crippen molar-refractivity contribution in [1.29, 1.82) is 0 Å². The van der Waals surface area contributed by atoms with Crippen LogP contribution in [-0.4, -0.2) is 46.8 Å². The number of carbonyl (C=O) groups is 2. The van der Waals surface area contributed by atoms with Gasteiger partial charge in [0.2, 0.25) is 11.8 Å². The molecule has 132 valence electrons. The number of amides is 2. The number of piperidine rings is 1. The average Bonchev–Trinajstić information content (AvgIpc) is 2.56. The van der Waals surface area contributed by atoms with Crippen molar-refractivity contribution in [3.63, 3.8) is 0 Å². The minimum atomic E-state index is 0.0504. The Morgan fingerprint density at radius 1 is 1.13 bits per heavy atom. The van der Waals surface area contributed by atoms with E-state index in [1.807, 2.05) is 30.5 Å². The van der Waals surface area contributed by atoms with Crippen LogP contribution in [0.25, 0.3) is 0 Å². The Kier molecular flexibility index (Phi) is 7.25. The molecule has 2 aliphatic rings.